The lowest BCUT2D eigenvalue weighted by atomic mass is 10.3. The molecule has 0 saturated carbocycles. The molecule has 102 valence electrons. The minimum atomic E-state index is -0.489. The third kappa shape index (κ3) is 2.41. The zero-order chi connectivity index (χ0) is 13.5. The van der Waals surface area contributed by atoms with Crippen LogP contribution in [-0.4, -0.2) is 39.6 Å². The summed E-state index contributed by atoms with van der Waals surface area (Å²) in [6.45, 7) is 5.10. The van der Waals surface area contributed by atoms with Crippen LogP contribution in [0.25, 0.3) is 11.0 Å². The molecule has 0 bridgehead atoms. The molecule has 0 radical (unpaired) electrons. The SMILES string of the molecule is Cn1cnc2c(NCC3COC(C)(C)O3)nccc21. The summed E-state index contributed by atoms with van der Waals surface area (Å²) >= 11 is 0. The molecule has 1 aliphatic heterocycles. The summed E-state index contributed by atoms with van der Waals surface area (Å²) in [5.74, 6) is 0.294. The smallest absolute Gasteiger partial charge is 0.163 e. The Labute approximate surface area is 111 Å². The number of imidazole rings is 1. The standard InChI is InChI=1S/C13H18N4O2/c1-13(2)18-7-9(19-13)6-15-12-11-10(4-5-14-12)17(3)8-16-11/h4-5,8-9H,6-7H2,1-3H3,(H,14,15). The number of rotatable bonds is 3. The van der Waals surface area contributed by atoms with Crippen molar-refractivity contribution in [2.24, 2.45) is 7.05 Å². The molecule has 2 aromatic heterocycles. The summed E-state index contributed by atoms with van der Waals surface area (Å²) < 4.78 is 13.3. The van der Waals surface area contributed by atoms with Crippen molar-refractivity contribution in [1.29, 1.82) is 0 Å². The third-order valence-corrected chi connectivity index (χ3v) is 3.21. The van der Waals surface area contributed by atoms with Crippen molar-refractivity contribution in [2.45, 2.75) is 25.7 Å². The van der Waals surface area contributed by atoms with Gasteiger partial charge in [-0.2, -0.15) is 0 Å². The predicted octanol–water partition coefficient (Wildman–Crippen LogP) is 1.53. The Balaban J connectivity index is 1.72. The maximum absolute atomic E-state index is 5.75. The number of aryl methyl sites for hydroxylation is 1. The lowest BCUT2D eigenvalue weighted by Crippen LogP contribution is -2.26. The fourth-order valence-corrected chi connectivity index (χ4v) is 2.27. The van der Waals surface area contributed by atoms with Crippen molar-refractivity contribution < 1.29 is 9.47 Å². The van der Waals surface area contributed by atoms with Gasteiger partial charge in [0.2, 0.25) is 0 Å². The molecule has 1 aliphatic rings. The normalized spacial score (nSPS) is 21.9. The second-order valence-corrected chi connectivity index (χ2v) is 5.21. The minimum absolute atomic E-state index is 0.0377. The van der Waals surface area contributed by atoms with E-state index in [9.17, 15) is 0 Å². The molecule has 1 unspecified atom stereocenters. The van der Waals surface area contributed by atoms with E-state index in [1.165, 1.54) is 0 Å². The van der Waals surface area contributed by atoms with Crippen molar-refractivity contribution in [2.75, 3.05) is 18.5 Å². The first kappa shape index (κ1) is 12.4. The van der Waals surface area contributed by atoms with Gasteiger partial charge in [0, 0.05) is 19.8 Å². The van der Waals surface area contributed by atoms with E-state index < -0.39 is 5.79 Å². The van der Waals surface area contributed by atoms with Gasteiger partial charge >= 0.3 is 0 Å². The number of pyridine rings is 1. The van der Waals surface area contributed by atoms with E-state index in [0.29, 0.717) is 13.2 Å². The van der Waals surface area contributed by atoms with Gasteiger partial charge in [0.25, 0.3) is 0 Å². The summed E-state index contributed by atoms with van der Waals surface area (Å²) in [5.41, 5.74) is 1.93. The fraction of sp³-hybridized carbons (Fsp3) is 0.538. The Morgan fingerprint density at radius 3 is 3.05 bits per heavy atom. The zero-order valence-electron chi connectivity index (χ0n) is 11.4. The van der Waals surface area contributed by atoms with Crippen LogP contribution in [0.3, 0.4) is 0 Å². The molecule has 1 saturated heterocycles. The first-order valence-corrected chi connectivity index (χ1v) is 6.37. The van der Waals surface area contributed by atoms with Crippen LogP contribution in [0.1, 0.15) is 13.8 Å². The van der Waals surface area contributed by atoms with Crippen LogP contribution in [0, 0.1) is 0 Å². The van der Waals surface area contributed by atoms with Gasteiger partial charge in [-0.15, -0.1) is 0 Å². The second-order valence-electron chi connectivity index (χ2n) is 5.21. The lowest BCUT2D eigenvalue weighted by molar-refractivity contribution is -0.136. The first-order chi connectivity index (χ1) is 9.05. The maximum Gasteiger partial charge on any atom is 0.163 e. The second kappa shape index (κ2) is 4.47. The van der Waals surface area contributed by atoms with E-state index in [4.69, 9.17) is 9.47 Å². The van der Waals surface area contributed by atoms with Crippen molar-refractivity contribution >= 4 is 16.9 Å². The number of aromatic nitrogens is 3. The van der Waals surface area contributed by atoms with Gasteiger partial charge in [0.05, 0.1) is 18.5 Å². The predicted molar refractivity (Wildman–Crippen MR) is 71.9 cm³/mol. The van der Waals surface area contributed by atoms with Crippen LogP contribution in [0.15, 0.2) is 18.6 Å². The summed E-state index contributed by atoms with van der Waals surface area (Å²) in [6, 6.07) is 1.95. The number of hydrogen-bond donors (Lipinski definition) is 1. The van der Waals surface area contributed by atoms with Crippen LogP contribution < -0.4 is 5.32 Å². The number of ether oxygens (including phenoxy) is 2. The van der Waals surface area contributed by atoms with Gasteiger partial charge in [-0.3, -0.25) is 0 Å². The highest BCUT2D eigenvalue weighted by molar-refractivity contribution is 5.85. The van der Waals surface area contributed by atoms with Crippen molar-refractivity contribution in [1.82, 2.24) is 14.5 Å². The van der Waals surface area contributed by atoms with Gasteiger partial charge in [-0.1, -0.05) is 0 Å². The van der Waals surface area contributed by atoms with Gasteiger partial charge in [0.15, 0.2) is 11.6 Å². The Hall–Kier alpha value is -1.66. The number of nitrogens with zero attached hydrogens (tertiary/aromatic N) is 3. The number of anilines is 1. The molecule has 6 heteroatoms. The van der Waals surface area contributed by atoms with Crippen molar-refractivity contribution in [3.63, 3.8) is 0 Å². The Bertz CT molecular complexity index is 593. The molecule has 19 heavy (non-hydrogen) atoms. The zero-order valence-corrected chi connectivity index (χ0v) is 11.4. The van der Waals surface area contributed by atoms with E-state index >= 15 is 0 Å². The fourth-order valence-electron chi connectivity index (χ4n) is 2.27. The molecule has 0 spiro atoms. The molecule has 3 rings (SSSR count). The molecule has 0 aromatic carbocycles. The molecule has 1 fully saturated rings. The topological polar surface area (TPSA) is 61.2 Å². The van der Waals surface area contributed by atoms with Crippen LogP contribution >= 0.6 is 0 Å². The molecule has 0 amide bonds. The van der Waals surface area contributed by atoms with Crippen molar-refractivity contribution in [3.05, 3.63) is 18.6 Å². The van der Waals surface area contributed by atoms with Gasteiger partial charge in [-0.25, -0.2) is 9.97 Å². The first-order valence-electron chi connectivity index (χ1n) is 6.37. The molecule has 6 nitrogen and oxygen atoms in total. The maximum atomic E-state index is 5.75. The van der Waals surface area contributed by atoms with E-state index in [-0.39, 0.29) is 6.10 Å². The summed E-state index contributed by atoms with van der Waals surface area (Å²) in [5, 5.41) is 3.29. The highest BCUT2D eigenvalue weighted by atomic mass is 16.7. The van der Waals surface area contributed by atoms with Crippen molar-refractivity contribution in [3.8, 4) is 0 Å². The summed E-state index contributed by atoms with van der Waals surface area (Å²) in [6.07, 6.45) is 3.61. The van der Waals surface area contributed by atoms with Crippen LogP contribution in [-0.2, 0) is 16.5 Å². The third-order valence-electron chi connectivity index (χ3n) is 3.21. The van der Waals surface area contributed by atoms with E-state index in [0.717, 1.165) is 16.9 Å². The Morgan fingerprint density at radius 1 is 1.47 bits per heavy atom. The molecular weight excluding hydrogens is 244 g/mol. The molecule has 1 N–H and O–H groups in total. The quantitative estimate of drug-likeness (QED) is 0.909. The number of hydrogen-bond acceptors (Lipinski definition) is 5. The van der Waals surface area contributed by atoms with E-state index in [1.54, 1.807) is 12.5 Å². The van der Waals surface area contributed by atoms with Gasteiger partial charge < -0.3 is 19.4 Å². The molecule has 1 atom stereocenters. The van der Waals surface area contributed by atoms with E-state index in [1.807, 2.05) is 31.5 Å². The van der Waals surface area contributed by atoms with Gasteiger partial charge in [0.1, 0.15) is 11.6 Å². The molecule has 2 aromatic rings. The minimum Gasteiger partial charge on any atom is -0.366 e. The lowest BCUT2D eigenvalue weighted by Gasteiger charge is -2.17. The molecule has 3 heterocycles. The number of nitrogens with one attached hydrogen (secondary N) is 1. The molecule has 0 aliphatic carbocycles. The number of fused-ring (bicyclic) bond motifs is 1. The van der Waals surface area contributed by atoms with Gasteiger partial charge in [-0.05, 0) is 19.9 Å². The largest absolute Gasteiger partial charge is 0.366 e. The average Bonchev–Trinajstić information content (AvgIpc) is 2.91. The van der Waals surface area contributed by atoms with Crippen LogP contribution in [0.4, 0.5) is 5.82 Å². The van der Waals surface area contributed by atoms with Crippen LogP contribution in [0.2, 0.25) is 0 Å². The highest BCUT2D eigenvalue weighted by Crippen LogP contribution is 2.23. The molecular formula is C13H18N4O2. The highest BCUT2D eigenvalue weighted by Gasteiger charge is 2.32. The monoisotopic (exact) mass is 262 g/mol. The summed E-state index contributed by atoms with van der Waals surface area (Å²) in [4.78, 5) is 8.69. The van der Waals surface area contributed by atoms with E-state index in [2.05, 4.69) is 15.3 Å². The Kier molecular flexibility index (Phi) is 2.91. The Morgan fingerprint density at radius 2 is 2.32 bits per heavy atom. The van der Waals surface area contributed by atoms with Crippen LogP contribution in [0.5, 0.6) is 0 Å². The summed E-state index contributed by atoms with van der Waals surface area (Å²) in [7, 11) is 1.97. The average molecular weight is 262 g/mol.